The summed E-state index contributed by atoms with van der Waals surface area (Å²) in [5, 5.41) is 13.6. The standard InChI is InChI=1S/C25H27ClF2N2O4S/c26-35-21-6-2-1-5-16(21)14-22(35)25(27,28)24(32)29-18(15-30-9-3-4-10-30)23(31)17-7-8-19-20(13-17)34-12-11-33-19/h1-2,5-8,13-14,18,23,31,35H,3-4,9-12,15H2,(H,29,32)/t18-,23-/m1/s1. The molecule has 6 nitrogen and oxygen atoms in total. The van der Waals surface area contributed by atoms with Crippen LogP contribution in [0.25, 0.3) is 6.08 Å². The lowest BCUT2D eigenvalue weighted by atomic mass is 10.0. The quantitative estimate of drug-likeness (QED) is 0.472. The molecule has 3 aliphatic rings. The summed E-state index contributed by atoms with van der Waals surface area (Å²) in [5.41, 5.74) is 1.05. The summed E-state index contributed by atoms with van der Waals surface area (Å²) in [6.45, 7) is 2.62. The molecule has 2 aromatic carbocycles. The van der Waals surface area contributed by atoms with Gasteiger partial charge in [-0.1, -0.05) is 34.9 Å². The van der Waals surface area contributed by atoms with Crippen molar-refractivity contribution in [2.45, 2.75) is 35.8 Å². The first-order valence-electron chi connectivity index (χ1n) is 11.6. The van der Waals surface area contributed by atoms with Crippen molar-refractivity contribution >= 4 is 32.8 Å². The summed E-state index contributed by atoms with van der Waals surface area (Å²) >= 11 is 0. The normalized spacial score (nSPS) is 22.3. The Hall–Kier alpha value is -2.33. The zero-order chi connectivity index (χ0) is 24.6. The number of nitrogens with one attached hydrogen (secondary N) is 1. The number of likely N-dealkylation sites (tertiary alicyclic amines) is 1. The number of aliphatic hydroxyl groups excluding tert-OH is 1. The number of fused-ring (bicyclic) bond motifs is 2. The zero-order valence-corrected chi connectivity index (χ0v) is 20.6. The number of nitrogens with zero attached hydrogens (tertiary/aromatic N) is 1. The van der Waals surface area contributed by atoms with Gasteiger partial charge in [0.25, 0.3) is 5.91 Å². The topological polar surface area (TPSA) is 71.0 Å². The molecule has 188 valence electrons. The van der Waals surface area contributed by atoms with Crippen LogP contribution in [0.15, 0.2) is 52.3 Å². The minimum absolute atomic E-state index is 0.242. The number of halogens is 3. The predicted octanol–water partition coefficient (Wildman–Crippen LogP) is 4.28. The first-order chi connectivity index (χ1) is 16.8. The van der Waals surface area contributed by atoms with E-state index in [1.165, 1.54) is 6.08 Å². The highest BCUT2D eigenvalue weighted by Crippen LogP contribution is 2.60. The molecule has 10 heteroatoms. The van der Waals surface area contributed by atoms with Crippen LogP contribution in [-0.2, 0) is 4.79 Å². The predicted molar refractivity (Wildman–Crippen MR) is 132 cm³/mol. The Morgan fingerprint density at radius 1 is 1.14 bits per heavy atom. The van der Waals surface area contributed by atoms with Crippen molar-refractivity contribution in [2.24, 2.45) is 0 Å². The molecule has 3 atom stereocenters. The number of hydrogen-bond donors (Lipinski definition) is 3. The van der Waals surface area contributed by atoms with Gasteiger partial charge < -0.3 is 24.8 Å². The van der Waals surface area contributed by atoms with Crippen LogP contribution in [0.4, 0.5) is 8.78 Å². The van der Waals surface area contributed by atoms with E-state index in [1.54, 1.807) is 42.5 Å². The molecule has 1 saturated heterocycles. The lowest BCUT2D eigenvalue weighted by Gasteiger charge is -2.31. The first kappa shape index (κ1) is 24.4. The summed E-state index contributed by atoms with van der Waals surface area (Å²) < 4.78 is 42.0. The molecule has 0 bridgehead atoms. The Balaban J connectivity index is 1.38. The van der Waals surface area contributed by atoms with Crippen LogP contribution < -0.4 is 14.8 Å². The molecule has 5 rings (SSSR count). The highest BCUT2D eigenvalue weighted by molar-refractivity contribution is 8.39. The van der Waals surface area contributed by atoms with Gasteiger partial charge in [0.2, 0.25) is 0 Å². The fourth-order valence-electron chi connectivity index (χ4n) is 4.66. The van der Waals surface area contributed by atoms with E-state index >= 15 is 8.78 Å². The molecule has 0 aliphatic carbocycles. The minimum Gasteiger partial charge on any atom is -0.486 e. The van der Waals surface area contributed by atoms with Gasteiger partial charge in [-0.05, 0) is 61.3 Å². The van der Waals surface area contributed by atoms with Crippen LogP contribution in [0.3, 0.4) is 0 Å². The van der Waals surface area contributed by atoms with Crippen molar-refractivity contribution in [1.29, 1.82) is 0 Å². The number of carbonyl (C=O) groups is 1. The molecule has 3 aliphatic heterocycles. The van der Waals surface area contributed by atoms with Gasteiger partial charge in [0, 0.05) is 11.4 Å². The third kappa shape index (κ3) is 4.87. The number of ether oxygens (including phenoxy) is 2. The Morgan fingerprint density at radius 2 is 1.86 bits per heavy atom. The van der Waals surface area contributed by atoms with E-state index < -0.39 is 39.0 Å². The lowest BCUT2D eigenvalue weighted by Crippen LogP contribution is -2.52. The molecule has 0 saturated carbocycles. The maximum absolute atomic E-state index is 15.4. The summed E-state index contributed by atoms with van der Waals surface area (Å²) in [6.07, 6.45) is 2.05. The maximum atomic E-state index is 15.4. The Labute approximate surface area is 209 Å². The Morgan fingerprint density at radius 3 is 2.60 bits per heavy atom. The second-order valence-corrected chi connectivity index (χ2v) is 11.4. The summed E-state index contributed by atoms with van der Waals surface area (Å²) in [5.74, 6) is -4.25. The van der Waals surface area contributed by atoms with Gasteiger partial charge in [-0.3, -0.25) is 4.79 Å². The van der Waals surface area contributed by atoms with Crippen molar-refractivity contribution in [3.8, 4) is 11.5 Å². The zero-order valence-electron chi connectivity index (χ0n) is 18.9. The van der Waals surface area contributed by atoms with Gasteiger partial charge in [0.15, 0.2) is 11.5 Å². The number of amides is 1. The average Bonchev–Trinajstić information content (AvgIpc) is 3.51. The number of rotatable bonds is 7. The number of thiol groups is 1. The molecule has 0 radical (unpaired) electrons. The Bertz CT molecular complexity index is 1140. The van der Waals surface area contributed by atoms with Crippen LogP contribution in [0.1, 0.15) is 30.1 Å². The molecule has 0 spiro atoms. The van der Waals surface area contributed by atoms with Gasteiger partial charge in [0.05, 0.1) is 10.9 Å². The summed E-state index contributed by atoms with van der Waals surface area (Å²) in [7, 11) is 4.54. The van der Waals surface area contributed by atoms with Crippen LogP contribution >= 0.6 is 20.8 Å². The van der Waals surface area contributed by atoms with Crippen molar-refractivity contribution in [3.63, 3.8) is 0 Å². The average molecular weight is 525 g/mol. The minimum atomic E-state index is -3.82. The molecule has 1 fully saturated rings. The van der Waals surface area contributed by atoms with Gasteiger partial charge in [-0.25, -0.2) is 0 Å². The second kappa shape index (κ2) is 9.97. The van der Waals surface area contributed by atoms with Crippen molar-refractivity contribution in [2.75, 3.05) is 32.8 Å². The monoisotopic (exact) mass is 524 g/mol. The molecule has 35 heavy (non-hydrogen) atoms. The van der Waals surface area contributed by atoms with Crippen LogP contribution in [0.2, 0.25) is 0 Å². The van der Waals surface area contributed by atoms with Gasteiger partial charge in [0.1, 0.15) is 19.3 Å². The van der Waals surface area contributed by atoms with Crippen molar-refractivity contribution < 1.29 is 28.2 Å². The maximum Gasteiger partial charge on any atom is 0.355 e. The van der Waals surface area contributed by atoms with Crippen LogP contribution in [0.5, 0.6) is 11.5 Å². The second-order valence-electron chi connectivity index (χ2n) is 8.88. The van der Waals surface area contributed by atoms with Gasteiger partial charge in [-0.15, -0.1) is 10.1 Å². The van der Waals surface area contributed by atoms with E-state index in [-0.39, 0.29) is 6.54 Å². The van der Waals surface area contributed by atoms with Crippen molar-refractivity contribution in [1.82, 2.24) is 10.2 Å². The fraction of sp³-hybridized carbons (Fsp3) is 0.400. The van der Waals surface area contributed by atoms with E-state index in [2.05, 4.69) is 10.2 Å². The smallest absolute Gasteiger partial charge is 0.355 e. The van der Waals surface area contributed by atoms with E-state index in [1.807, 2.05) is 0 Å². The fourth-order valence-corrected chi connectivity index (χ4v) is 7.02. The molecule has 1 amide bonds. The van der Waals surface area contributed by atoms with Crippen molar-refractivity contribution in [3.05, 3.63) is 58.5 Å². The highest BCUT2D eigenvalue weighted by Gasteiger charge is 2.48. The lowest BCUT2D eigenvalue weighted by molar-refractivity contribution is -0.141. The van der Waals surface area contributed by atoms with E-state index in [0.717, 1.165) is 25.9 Å². The number of carbonyl (C=O) groups excluding carboxylic acids is 1. The Kier molecular flexibility index (Phi) is 6.94. The first-order valence-corrected chi connectivity index (χ1v) is 13.8. The van der Waals surface area contributed by atoms with Crippen LogP contribution in [-0.4, -0.2) is 60.7 Å². The number of aliphatic hydroxyl groups is 1. The third-order valence-electron chi connectivity index (χ3n) is 6.52. The largest absolute Gasteiger partial charge is 0.486 e. The van der Waals surface area contributed by atoms with E-state index in [9.17, 15) is 9.90 Å². The molecule has 2 N–H and O–H groups in total. The molecular formula is C25H27ClF2N2O4S. The summed E-state index contributed by atoms with van der Waals surface area (Å²) in [4.78, 5) is 15.2. The van der Waals surface area contributed by atoms with Gasteiger partial charge in [-0.2, -0.15) is 8.78 Å². The third-order valence-corrected chi connectivity index (χ3v) is 9.27. The number of benzene rings is 2. The van der Waals surface area contributed by atoms with Gasteiger partial charge >= 0.3 is 5.92 Å². The highest BCUT2D eigenvalue weighted by atomic mass is 35.7. The molecule has 1 unspecified atom stereocenters. The van der Waals surface area contributed by atoms with E-state index in [4.69, 9.17) is 20.2 Å². The van der Waals surface area contributed by atoms with E-state index in [0.29, 0.717) is 40.7 Å². The molecular weight excluding hydrogens is 498 g/mol. The SMILES string of the molecule is O=C(N[C@H](CN1CCCC1)[C@H](O)c1ccc2c(c1)OCCO2)C(F)(F)C1=Cc2ccccc2[SH]1Cl. The number of hydrogen-bond acceptors (Lipinski definition) is 5. The molecule has 2 aromatic rings. The molecule has 0 aromatic heterocycles. The van der Waals surface area contributed by atoms with Crippen LogP contribution in [0, 0.1) is 0 Å². The molecule has 3 heterocycles. The number of alkyl halides is 2. The summed E-state index contributed by atoms with van der Waals surface area (Å²) in [6, 6.07) is 10.9.